The number of esters is 1. The first-order valence-electron chi connectivity index (χ1n) is 11.1. The molecule has 0 spiro atoms. The molecule has 0 bridgehead atoms. The zero-order valence-electron chi connectivity index (χ0n) is 19.0. The number of carbonyl (C=O) groups is 3. The monoisotopic (exact) mass is 489 g/mol. The van der Waals surface area contributed by atoms with Gasteiger partial charge >= 0.3 is 5.97 Å². The normalized spacial score (nSPS) is 11.6. The van der Waals surface area contributed by atoms with E-state index in [2.05, 4.69) is 15.6 Å². The Morgan fingerprint density at radius 2 is 1.69 bits per heavy atom. The fourth-order valence-corrected chi connectivity index (χ4v) is 3.97. The van der Waals surface area contributed by atoms with Gasteiger partial charge in [-0.2, -0.15) is 0 Å². The second-order valence-electron chi connectivity index (χ2n) is 7.86. The fraction of sp³-hybridized carbons (Fsp3) is 0.148. The Labute approximate surface area is 207 Å². The second kappa shape index (κ2) is 10.9. The van der Waals surface area contributed by atoms with Crippen LogP contribution in [0.5, 0.6) is 0 Å². The maximum Gasteiger partial charge on any atom is 0.338 e. The molecule has 3 aromatic carbocycles. The number of halogens is 1. The summed E-state index contributed by atoms with van der Waals surface area (Å²) in [6, 6.07) is 19.9. The molecule has 0 saturated heterocycles. The average molecular weight is 490 g/mol. The van der Waals surface area contributed by atoms with Gasteiger partial charge in [-0.15, -0.1) is 0 Å². The molecule has 0 aliphatic rings. The molecule has 3 N–H and O–H groups in total. The van der Waals surface area contributed by atoms with Gasteiger partial charge in [0.15, 0.2) is 0 Å². The summed E-state index contributed by atoms with van der Waals surface area (Å²) in [6.07, 6.45) is 2.09. The lowest BCUT2D eigenvalue weighted by Crippen LogP contribution is -2.45. The van der Waals surface area contributed by atoms with E-state index in [1.165, 1.54) is 0 Å². The number of hydrogen-bond acceptors (Lipinski definition) is 4. The standard InChI is InChI=1S/C27H24ClN3O4/c1-2-35-27(34)17-11-13-19(14-12-17)30-26(33)24(31-25(32)21-8-3-5-9-22(21)28)15-18-16-29-23-10-6-4-7-20(18)23/h3-14,16,24,29H,2,15H2,1H3,(H,30,33)(H,31,32). The predicted octanol–water partition coefficient (Wildman–Crippen LogP) is 4.98. The van der Waals surface area contributed by atoms with Crippen LogP contribution >= 0.6 is 11.6 Å². The third-order valence-corrected chi connectivity index (χ3v) is 5.83. The molecule has 0 radical (unpaired) electrons. The van der Waals surface area contributed by atoms with Crippen LogP contribution in [0.25, 0.3) is 10.9 Å². The number of benzene rings is 3. The SMILES string of the molecule is CCOC(=O)c1ccc(NC(=O)C(Cc2c[nH]c3ccccc23)NC(=O)c2ccccc2Cl)cc1. The van der Waals surface area contributed by atoms with E-state index in [1.807, 2.05) is 30.5 Å². The molecule has 2 amide bonds. The van der Waals surface area contributed by atoms with Gasteiger partial charge in [0.05, 0.1) is 22.8 Å². The Bertz CT molecular complexity index is 1360. The van der Waals surface area contributed by atoms with Crippen LogP contribution in [0, 0.1) is 0 Å². The molecule has 1 aromatic heterocycles. The van der Waals surface area contributed by atoms with Crippen molar-refractivity contribution in [2.75, 3.05) is 11.9 Å². The van der Waals surface area contributed by atoms with Crippen molar-refractivity contribution in [2.45, 2.75) is 19.4 Å². The largest absolute Gasteiger partial charge is 0.462 e. The highest BCUT2D eigenvalue weighted by Gasteiger charge is 2.24. The van der Waals surface area contributed by atoms with Crippen molar-refractivity contribution in [1.29, 1.82) is 0 Å². The molecular weight excluding hydrogens is 466 g/mol. The van der Waals surface area contributed by atoms with Gasteiger partial charge in [-0.05, 0) is 55.0 Å². The summed E-state index contributed by atoms with van der Waals surface area (Å²) in [5.74, 6) is -1.29. The van der Waals surface area contributed by atoms with Crippen molar-refractivity contribution in [3.63, 3.8) is 0 Å². The number of hydrogen-bond donors (Lipinski definition) is 3. The van der Waals surface area contributed by atoms with Crippen molar-refractivity contribution >= 4 is 46.0 Å². The number of fused-ring (bicyclic) bond motifs is 1. The van der Waals surface area contributed by atoms with Crippen LogP contribution < -0.4 is 10.6 Å². The first-order valence-corrected chi connectivity index (χ1v) is 11.5. The van der Waals surface area contributed by atoms with E-state index in [4.69, 9.17) is 16.3 Å². The Kier molecular flexibility index (Phi) is 7.48. The number of amides is 2. The van der Waals surface area contributed by atoms with E-state index in [0.29, 0.717) is 16.3 Å². The quantitative estimate of drug-likeness (QED) is 0.304. The zero-order valence-corrected chi connectivity index (χ0v) is 19.8. The van der Waals surface area contributed by atoms with Crippen LogP contribution in [-0.4, -0.2) is 35.4 Å². The minimum absolute atomic E-state index is 0.257. The molecule has 7 nitrogen and oxygen atoms in total. The van der Waals surface area contributed by atoms with Gasteiger partial charge in [0, 0.05) is 29.2 Å². The zero-order chi connectivity index (χ0) is 24.8. The van der Waals surface area contributed by atoms with Crippen LogP contribution in [0.2, 0.25) is 5.02 Å². The highest BCUT2D eigenvalue weighted by molar-refractivity contribution is 6.33. The van der Waals surface area contributed by atoms with Gasteiger partial charge in [0.2, 0.25) is 5.91 Å². The van der Waals surface area contributed by atoms with Crippen LogP contribution in [0.15, 0.2) is 79.0 Å². The van der Waals surface area contributed by atoms with Crippen LogP contribution in [0.4, 0.5) is 5.69 Å². The lowest BCUT2D eigenvalue weighted by atomic mass is 10.0. The number of anilines is 1. The smallest absolute Gasteiger partial charge is 0.338 e. The number of nitrogens with one attached hydrogen (secondary N) is 3. The van der Waals surface area contributed by atoms with Gasteiger partial charge < -0.3 is 20.4 Å². The van der Waals surface area contributed by atoms with Crippen molar-refractivity contribution in [3.05, 3.63) is 101 Å². The molecule has 0 aliphatic heterocycles. The van der Waals surface area contributed by atoms with E-state index >= 15 is 0 Å². The van der Waals surface area contributed by atoms with Gasteiger partial charge in [0.25, 0.3) is 5.91 Å². The van der Waals surface area contributed by atoms with Gasteiger partial charge in [-0.3, -0.25) is 9.59 Å². The third kappa shape index (κ3) is 5.70. The number of aromatic amines is 1. The topological polar surface area (TPSA) is 100 Å². The van der Waals surface area contributed by atoms with Crippen LogP contribution in [0.3, 0.4) is 0 Å². The predicted molar refractivity (Wildman–Crippen MR) is 136 cm³/mol. The number of carbonyl (C=O) groups excluding carboxylic acids is 3. The molecule has 1 unspecified atom stereocenters. The van der Waals surface area contributed by atoms with E-state index in [-0.39, 0.29) is 18.6 Å². The number of aromatic nitrogens is 1. The first-order chi connectivity index (χ1) is 17.0. The second-order valence-corrected chi connectivity index (χ2v) is 8.26. The highest BCUT2D eigenvalue weighted by Crippen LogP contribution is 2.21. The lowest BCUT2D eigenvalue weighted by Gasteiger charge is -2.19. The summed E-state index contributed by atoms with van der Waals surface area (Å²) in [6.45, 7) is 2.01. The molecule has 0 aliphatic carbocycles. The number of H-pyrrole nitrogens is 1. The number of rotatable bonds is 8. The van der Waals surface area contributed by atoms with Crippen LogP contribution in [-0.2, 0) is 16.0 Å². The molecule has 35 heavy (non-hydrogen) atoms. The van der Waals surface area contributed by atoms with Crippen molar-refractivity contribution in [1.82, 2.24) is 10.3 Å². The van der Waals surface area contributed by atoms with Gasteiger partial charge in [-0.25, -0.2) is 4.79 Å². The summed E-state index contributed by atoms with van der Waals surface area (Å²) in [7, 11) is 0. The molecule has 0 fully saturated rings. The molecule has 1 atom stereocenters. The van der Waals surface area contributed by atoms with Crippen LogP contribution in [0.1, 0.15) is 33.2 Å². The van der Waals surface area contributed by atoms with Gasteiger partial charge in [-0.1, -0.05) is 41.9 Å². The summed E-state index contributed by atoms with van der Waals surface area (Å²) >= 11 is 6.19. The first kappa shape index (κ1) is 24.0. The van der Waals surface area contributed by atoms with E-state index in [0.717, 1.165) is 16.5 Å². The van der Waals surface area contributed by atoms with E-state index in [9.17, 15) is 14.4 Å². The molecule has 0 saturated carbocycles. The molecule has 4 rings (SSSR count). The Morgan fingerprint density at radius 1 is 0.971 bits per heavy atom. The Hall–Kier alpha value is -4.10. The summed E-state index contributed by atoms with van der Waals surface area (Å²) < 4.78 is 4.99. The number of ether oxygens (including phenoxy) is 1. The van der Waals surface area contributed by atoms with Crippen molar-refractivity contribution in [3.8, 4) is 0 Å². The average Bonchev–Trinajstić information content (AvgIpc) is 3.27. The highest BCUT2D eigenvalue weighted by atomic mass is 35.5. The van der Waals surface area contributed by atoms with Crippen molar-refractivity contribution < 1.29 is 19.1 Å². The summed E-state index contributed by atoms with van der Waals surface area (Å²) in [5, 5.41) is 6.91. The minimum Gasteiger partial charge on any atom is -0.462 e. The molecule has 8 heteroatoms. The molecule has 1 heterocycles. The summed E-state index contributed by atoms with van der Waals surface area (Å²) in [5.41, 5.74) is 2.97. The number of para-hydroxylation sites is 1. The maximum atomic E-state index is 13.3. The van der Waals surface area contributed by atoms with Crippen molar-refractivity contribution in [2.24, 2.45) is 0 Å². The van der Waals surface area contributed by atoms with Gasteiger partial charge in [0.1, 0.15) is 6.04 Å². The maximum absolute atomic E-state index is 13.3. The fourth-order valence-electron chi connectivity index (χ4n) is 3.74. The molecule has 4 aromatic rings. The molecule has 178 valence electrons. The Balaban J connectivity index is 1.56. The minimum atomic E-state index is -0.886. The lowest BCUT2D eigenvalue weighted by molar-refractivity contribution is -0.118. The Morgan fingerprint density at radius 3 is 2.43 bits per heavy atom. The summed E-state index contributed by atoms with van der Waals surface area (Å²) in [4.78, 5) is 41.3. The molecular formula is C27H24ClN3O4. The van der Waals surface area contributed by atoms with E-state index < -0.39 is 23.8 Å². The van der Waals surface area contributed by atoms with E-state index in [1.54, 1.807) is 55.5 Å². The third-order valence-electron chi connectivity index (χ3n) is 5.50.